The summed E-state index contributed by atoms with van der Waals surface area (Å²) in [5.74, 6) is -0.532. The number of hydrogen-bond donors (Lipinski definition) is 1. The van der Waals surface area contributed by atoms with Gasteiger partial charge in [-0.2, -0.15) is 9.59 Å². The summed E-state index contributed by atoms with van der Waals surface area (Å²) < 4.78 is 16.4. The van der Waals surface area contributed by atoms with Gasteiger partial charge in [0.1, 0.15) is 5.82 Å². The van der Waals surface area contributed by atoms with Crippen molar-refractivity contribution in [2.45, 2.75) is 33.4 Å². The molecule has 196 valence electrons. The highest BCUT2D eigenvalue weighted by atomic mass is 19.1. The highest BCUT2D eigenvalue weighted by molar-refractivity contribution is 5.99. The summed E-state index contributed by atoms with van der Waals surface area (Å²) in [5, 5.41) is 3.99. The van der Waals surface area contributed by atoms with E-state index in [1.807, 2.05) is 24.3 Å². The van der Waals surface area contributed by atoms with Crippen molar-refractivity contribution in [3.63, 3.8) is 0 Å². The minimum absolute atomic E-state index is 0.214. The van der Waals surface area contributed by atoms with Crippen LogP contribution in [0.1, 0.15) is 45.7 Å². The van der Waals surface area contributed by atoms with E-state index in [9.17, 15) is 9.18 Å². The maximum absolute atomic E-state index is 14.1. The predicted octanol–water partition coefficient (Wildman–Crippen LogP) is 7.02. The summed E-state index contributed by atoms with van der Waals surface area (Å²) in [4.78, 5) is 29.2. The maximum Gasteiger partial charge on any atom is 0.373 e. The summed E-state index contributed by atoms with van der Waals surface area (Å²) in [6.45, 7) is 6.76. The van der Waals surface area contributed by atoms with E-state index in [1.54, 1.807) is 25.1 Å². The molecule has 0 unspecified atom stereocenters. The average Bonchev–Trinajstić information content (AvgIpc) is 3.18. The van der Waals surface area contributed by atoms with Crippen LogP contribution in [0.15, 0.2) is 97.1 Å². The zero-order chi connectivity index (χ0) is 27.9. The van der Waals surface area contributed by atoms with Crippen molar-refractivity contribution in [1.82, 2.24) is 9.88 Å². The normalized spacial score (nSPS) is 11.3. The molecule has 1 N–H and O–H groups in total. The van der Waals surface area contributed by atoms with Crippen molar-refractivity contribution in [3.8, 4) is 11.1 Å². The number of hydrogen-bond acceptors (Lipinski definition) is 3. The molecule has 0 saturated heterocycles. The number of rotatable bonds is 6. The molecule has 39 heavy (non-hydrogen) atoms. The number of carbonyl (C=O) groups excluding carboxylic acids is 3. The average molecular weight is 521 g/mol. The number of nitrogens with one attached hydrogen (secondary N) is 1. The third-order valence-corrected chi connectivity index (χ3v) is 7.02. The van der Waals surface area contributed by atoms with Gasteiger partial charge < -0.3 is 9.88 Å². The Morgan fingerprint density at radius 2 is 1.49 bits per heavy atom. The minimum atomic E-state index is -0.430. The number of aromatic nitrogens is 1. The monoisotopic (exact) mass is 520 g/mol. The van der Waals surface area contributed by atoms with Gasteiger partial charge in [-0.25, -0.2) is 4.39 Å². The second-order valence-electron chi connectivity index (χ2n) is 9.39. The van der Waals surface area contributed by atoms with E-state index in [2.05, 4.69) is 72.3 Å². The van der Waals surface area contributed by atoms with Crippen molar-refractivity contribution in [1.29, 1.82) is 0 Å². The molecule has 0 spiro atoms. The van der Waals surface area contributed by atoms with Crippen LogP contribution in [0, 0.1) is 19.7 Å². The molecule has 5 rings (SSSR count). The number of carbonyl (C=O) groups is 1. The molecule has 4 aromatic carbocycles. The summed E-state index contributed by atoms with van der Waals surface area (Å²) >= 11 is 0. The molecule has 5 aromatic rings. The van der Waals surface area contributed by atoms with E-state index in [0.29, 0.717) is 11.1 Å². The Morgan fingerprint density at radius 3 is 2.15 bits per heavy atom. The Morgan fingerprint density at radius 1 is 0.872 bits per heavy atom. The molecule has 1 aromatic heterocycles. The van der Waals surface area contributed by atoms with Crippen LogP contribution >= 0.6 is 0 Å². The van der Waals surface area contributed by atoms with E-state index in [1.165, 1.54) is 28.5 Å². The molecule has 1 amide bonds. The van der Waals surface area contributed by atoms with E-state index in [-0.39, 0.29) is 17.9 Å². The largest absolute Gasteiger partial charge is 0.373 e. The van der Waals surface area contributed by atoms with E-state index in [0.717, 1.165) is 23.0 Å². The quantitative estimate of drug-likeness (QED) is 0.262. The third-order valence-electron chi connectivity index (χ3n) is 7.02. The minimum Gasteiger partial charge on any atom is -0.345 e. The maximum atomic E-state index is 14.1. The van der Waals surface area contributed by atoms with Crippen LogP contribution in [0.2, 0.25) is 0 Å². The first kappa shape index (κ1) is 27.2. The number of fused-ring (bicyclic) bond motifs is 1. The van der Waals surface area contributed by atoms with Crippen molar-refractivity contribution in [2.75, 3.05) is 0 Å². The van der Waals surface area contributed by atoms with Crippen molar-refractivity contribution >= 4 is 23.0 Å². The second-order valence-corrected chi connectivity index (χ2v) is 9.39. The number of nitrogens with zero attached hydrogens (tertiary/aromatic N) is 1. The molecule has 0 saturated carbocycles. The highest BCUT2D eigenvalue weighted by Gasteiger charge is 2.17. The smallest absolute Gasteiger partial charge is 0.345 e. The lowest BCUT2D eigenvalue weighted by Gasteiger charge is -2.15. The Kier molecular flexibility index (Phi) is 8.50. The molecule has 1 heterocycles. The first-order chi connectivity index (χ1) is 18.8. The Labute approximate surface area is 226 Å². The fourth-order valence-electron chi connectivity index (χ4n) is 4.79. The van der Waals surface area contributed by atoms with E-state index >= 15 is 0 Å². The lowest BCUT2D eigenvalue weighted by molar-refractivity contribution is -0.191. The molecule has 1 atom stereocenters. The van der Waals surface area contributed by atoms with Crippen molar-refractivity contribution in [2.24, 2.45) is 0 Å². The molecule has 5 nitrogen and oxygen atoms in total. The van der Waals surface area contributed by atoms with Crippen LogP contribution < -0.4 is 5.32 Å². The first-order valence-corrected chi connectivity index (χ1v) is 12.6. The van der Waals surface area contributed by atoms with Crippen LogP contribution in [0.5, 0.6) is 0 Å². The summed E-state index contributed by atoms with van der Waals surface area (Å²) in [7, 11) is 0. The molecular weight excluding hydrogens is 491 g/mol. The van der Waals surface area contributed by atoms with Gasteiger partial charge in [0.25, 0.3) is 5.91 Å². The molecule has 0 radical (unpaired) electrons. The van der Waals surface area contributed by atoms with Gasteiger partial charge in [0, 0.05) is 34.3 Å². The second kappa shape index (κ2) is 12.2. The summed E-state index contributed by atoms with van der Waals surface area (Å²) in [5.41, 5.74) is 8.09. The lowest BCUT2D eigenvalue weighted by Crippen LogP contribution is -2.27. The zero-order valence-electron chi connectivity index (χ0n) is 22.1. The van der Waals surface area contributed by atoms with Gasteiger partial charge in [-0.15, -0.1) is 0 Å². The fraction of sp³-hybridized carbons (Fsp3) is 0.152. The van der Waals surface area contributed by atoms with Crippen molar-refractivity contribution < 1.29 is 18.8 Å². The van der Waals surface area contributed by atoms with Gasteiger partial charge >= 0.3 is 6.15 Å². The Balaban J connectivity index is 0.00000112. The van der Waals surface area contributed by atoms with E-state index in [4.69, 9.17) is 9.59 Å². The first-order valence-electron chi connectivity index (χ1n) is 12.6. The lowest BCUT2D eigenvalue weighted by atomic mass is 10.0. The van der Waals surface area contributed by atoms with Gasteiger partial charge in [-0.3, -0.25) is 4.79 Å². The fourth-order valence-corrected chi connectivity index (χ4v) is 4.79. The number of benzene rings is 4. The van der Waals surface area contributed by atoms with Gasteiger partial charge in [-0.1, -0.05) is 72.8 Å². The van der Waals surface area contributed by atoms with Gasteiger partial charge in [0.2, 0.25) is 0 Å². The van der Waals surface area contributed by atoms with E-state index < -0.39 is 6.04 Å². The SMILES string of the molecule is Cc1c(C)n(Cc2ccc(-c3ccccc3)cc2)c2ccc(C(=O)N[C@@H](C)c3ccccc3F)cc12.O=C=O. The molecule has 0 aliphatic carbocycles. The zero-order valence-corrected chi connectivity index (χ0v) is 22.1. The number of amides is 1. The molecule has 0 aliphatic rings. The Hall–Kier alpha value is -4.80. The predicted molar refractivity (Wildman–Crippen MR) is 150 cm³/mol. The molecule has 6 heteroatoms. The van der Waals surface area contributed by atoms with Crippen LogP contribution in [-0.4, -0.2) is 16.6 Å². The highest BCUT2D eigenvalue weighted by Crippen LogP contribution is 2.28. The number of aryl methyl sites for hydroxylation is 1. The summed E-state index contributed by atoms with van der Waals surface area (Å²) in [6.07, 6.45) is 0.250. The Bertz CT molecular complexity index is 1630. The standard InChI is InChI=1S/C32H29FN2O.CO2/c1-21-23(3)35(20-24-13-15-26(16-14-24)25-9-5-4-6-10-25)31-18-17-27(19-29(21)31)32(36)34-22(2)28-11-7-8-12-30(28)33;2-1-3/h4-19,22H,20H2,1-3H3,(H,34,36);/t22-;/m0./s1. The van der Waals surface area contributed by atoms with Crippen LogP contribution in [0.25, 0.3) is 22.0 Å². The van der Waals surface area contributed by atoms with Crippen LogP contribution in [0.4, 0.5) is 4.39 Å². The van der Waals surface area contributed by atoms with Crippen LogP contribution in [-0.2, 0) is 16.1 Å². The number of halogens is 1. The van der Waals surface area contributed by atoms with Gasteiger partial charge in [0.15, 0.2) is 0 Å². The molecule has 0 fully saturated rings. The van der Waals surface area contributed by atoms with Crippen molar-refractivity contribution in [3.05, 3.63) is 131 Å². The van der Waals surface area contributed by atoms with Gasteiger partial charge in [0.05, 0.1) is 6.04 Å². The molecule has 0 aliphatic heterocycles. The third kappa shape index (κ3) is 6.03. The summed E-state index contributed by atoms with van der Waals surface area (Å²) in [6, 6.07) is 30.9. The van der Waals surface area contributed by atoms with Crippen LogP contribution in [0.3, 0.4) is 0 Å². The molecular formula is C33H29FN2O3. The topological polar surface area (TPSA) is 68.2 Å². The molecule has 0 bridgehead atoms. The van der Waals surface area contributed by atoms with Gasteiger partial charge in [-0.05, 0) is 67.3 Å².